The number of aryl methyl sites for hydroxylation is 1. The smallest absolute Gasteiger partial charge is 0.255 e. The number of pyridine rings is 1. The molecule has 2 atom stereocenters. The molecule has 1 aliphatic heterocycles. The minimum atomic E-state index is -0.652. The van der Waals surface area contributed by atoms with Gasteiger partial charge in [0.2, 0.25) is 0 Å². The summed E-state index contributed by atoms with van der Waals surface area (Å²) in [6.07, 6.45) is 2.64. The summed E-state index contributed by atoms with van der Waals surface area (Å²) in [6.45, 7) is 3.73. The van der Waals surface area contributed by atoms with Crippen LogP contribution >= 0.6 is 23.2 Å². The highest BCUT2D eigenvalue weighted by Crippen LogP contribution is 2.48. The van der Waals surface area contributed by atoms with Crippen molar-refractivity contribution in [3.63, 3.8) is 0 Å². The van der Waals surface area contributed by atoms with E-state index in [0.29, 0.717) is 51.1 Å². The second-order valence-corrected chi connectivity index (χ2v) is 9.98. The van der Waals surface area contributed by atoms with E-state index in [4.69, 9.17) is 23.2 Å². The van der Waals surface area contributed by atoms with Crippen LogP contribution in [0.4, 0.5) is 5.82 Å². The molecule has 36 heavy (non-hydrogen) atoms. The molecule has 2 heterocycles. The van der Waals surface area contributed by atoms with Gasteiger partial charge in [-0.15, -0.1) is 0 Å². The topological polar surface area (TPSA) is 71.1 Å². The number of anilines is 1. The molecule has 1 amide bonds. The molecule has 2 N–H and O–H groups in total. The first-order valence-electron chi connectivity index (χ1n) is 11.8. The van der Waals surface area contributed by atoms with Crippen LogP contribution in [-0.2, 0) is 9.59 Å². The highest BCUT2D eigenvalue weighted by atomic mass is 35.5. The third kappa shape index (κ3) is 4.45. The Balaban J connectivity index is 1.61. The van der Waals surface area contributed by atoms with Gasteiger partial charge in [-0.25, -0.2) is 4.98 Å². The van der Waals surface area contributed by atoms with Crippen LogP contribution in [-0.4, -0.2) is 16.7 Å². The number of carbonyl (C=O) groups excluding carboxylic acids is 2. The average Bonchev–Trinajstić information content (AvgIpc) is 2.86. The maximum atomic E-state index is 13.7. The molecule has 0 fully saturated rings. The van der Waals surface area contributed by atoms with E-state index in [-0.39, 0.29) is 17.6 Å². The number of nitrogens with zero attached hydrogens (tertiary/aromatic N) is 1. The van der Waals surface area contributed by atoms with Gasteiger partial charge in [-0.1, -0.05) is 71.7 Å². The lowest BCUT2D eigenvalue weighted by Gasteiger charge is -2.37. The van der Waals surface area contributed by atoms with Crippen molar-refractivity contribution < 1.29 is 9.59 Å². The molecule has 7 heteroatoms. The molecule has 1 aromatic heterocycles. The van der Waals surface area contributed by atoms with E-state index in [1.54, 1.807) is 18.3 Å². The number of hydrogen-bond acceptors (Lipinski definition) is 4. The monoisotopic (exact) mass is 517 g/mol. The maximum absolute atomic E-state index is 13.7. The van der Waals surface area contributed by atoms with Crippen molar-refractivity contribution in [3.05, 3.63) is 116 Å². The third-order valence-electron chi connectivity index (χ3n) is 6.88. The molecule has 0 unspecified atom stereocenters. The Morgan fingerprint density at radius 2 is 1.78 bits per heavy atom. The van der Waals surface area contributed by atoms with E-state index >= 15 is 0 Å². The highest BCUT2D eigenvalue weighted by molar-refractivity contribution is 6.42. The number of ketones is 1. The van der Waals surface area contributed by atoms with E-state index in [1.165, 1.54) is 0 Å². The molecule has 1 aliphatic carbocycles. The first-order valence-corrected chi connectivity index (χ1v) is 12.6. The first-order chi connectivity index (χ1) is 17.3. The largest absolute Gasteiger partial charge is 0.362 e. The number of carbonyl (C=O) groups is 2. The molecule has 182 valence electrons. The molecule has 5 nitrogen and oxygen atoms in total. The summed E-state index contributed by atoms with van der Waals surface area (Å²) in [7, 11) is 0. The molecule has 3 aromatic rings. The third-order valence-corrected chi connectivity index (χ3v) is 7.71. The fourth-order valence-electron chi connectivity index (χ4n) is 5.15. The molecule has 0 radical (unpaired) electrons. The van der Waals surface area contributed by atoms with Gasteiger partial charge in [-0.05, 0) is 55.0 Å². The predicted octanol–water partition coefficient (Wildman–Crippen LogP) is 6.70. The molecule has 2 aromatic carbocycles. The van der Waals surface area contributed by atoms with Crippen molar-refractivity contribution in [2.45, 2.75) is 38.5 Å². The molecule has 0 spiro atoms. The number of halogens is 2. The van der Waals surface area contributed by atoms with Crippen LogP contribution in [0.2, 0.25) is 10.0 Å². The Morgan fingerprint density at radius 1 is 1.00 bits per heavy atom. The number of nitrogens with one attached hydrogen (secondary N) is 2. The molecule has 0 saturated heterocycles. The number of aromatic nitrogens is 1. The zero-order valence-corrected chi connectivity index (χ0v) is 21.5. The number of allylic oxidation sites excluding steroid dienone is 3. The second kappa shape index (κ2) is 9.92. The van der Waals surface area contributed by atoms with Crippen molar-refractivity contribution in [1.82, 2.24) is 10.3 Å². The van der Waals surface area contributed by atoms with Gasteiger partial charge in [-0.3, -0.25) is 9.59 Å². The normalized spacial score (nSPS) is 19.6. The van der Waals surface area contributed by atoms with E-state index in [0.717, 1.165) is 16.8 Å². The minimum absolute atomic E-state index is 0.00883. The maximum Gasteiger partial charge on any atom is 0.255 e. The summed E-state index contributed by atoms with van der Waals surface area (Å²) in [4.78, 5) is 31.8. The first kappa shape index (κ1) is 24.3. The van der Waals surface area contributed by atoms with Crippen LogP contribution in [0.25, 0.3) is 0 Å². The van der Waals surface area contributed by atoms with Crippen LogP contribution in [0.5, 0.6) is 0 Å². The Bertz CT molecular complexity index is 1430. The van der Waals surface area contributed by atoms with Crippen molar-refractivity contribution in [3.8, 4) is 0 Å². The van der Waals surface area contributed by atoms with E-state index < -0.39 is 5.92 Å². The number of rotatable bonds is 4. The van der Waals surface area contributed by atoms with E-state index in [2.05, 4.69) is 27.8 Å². The van der Waals surface area contributed by atoms with Gasteiger partial charge in [0.25, 0.3) is 5.91 Å². The number of amides is 1. The quantitative estimate of drug-likeness (QED) is 0.404. The molecule has 5 rings (SSSR count). The van der Waals surface area contributed by atoms with Crippen molar-refractivity contribution in [2.24, 2.45) is 0 Å². The number of dihydropyridines is 1. The summed E-state index contributed by atoms with van der Waals surface area (Å²) >= 11 is 13.1. The number of benzene rings is 2. The lowest BCUT2D eigenvalue weighted by Crippen LogP contribution is -2.37. The van der Waals surface area contributed by atoms with Crippen LogP contribution in [0.1, 0.15) is 48.3 Å². The average molecular weight is 518 g/mol. The zero-order valence-electron chi connectivity index (χ0n) is 19.9. The van der Waals surface area contributed by atoms with E-state index in [9.17, 15) is 9.59 Å². The van der Waals surface area contributed by atoms with Crippen LogP contribution in [0.15, 0.2) is 89.4 Å². The Labute approximate surface area is 220 Å². The summed E-state index contributed by atoms with van der Waals surface area (Å²) < 4.78 is 0. The van der Waals surface area contributed by atoms with Gasteiger partial charge in [0.15, 0.2) is 5.78 Å². The highest BCUT2D eigenvalue weighted by Gasteiger charge is 2.41. The molecular weight excluding hydrogens is 493 g/mol. The van der Waals surface area contributed by atoms with Crippen molar-refractivity contribution in [1.29, 1.82) is 0 Å². The van der Waals surface area contributed by atoms with Gasteiger partial charge in [0.1, 0.15) is 5.82 Å². The number of hydrogen-bond donors (Lipinski definition) is 2. The van der Waals surface area contributed by atoms with Gasteiger partial charge >= 0.3 is 0 Å². The summed E-state index contributed by atoms with van der Waals surface area (Å²) in [5.41, 5.74) is 5.07. The second-order valence-electron chi connectivity index (χ2n) is 9.19. The molecular formula is C29H25Cl2N3O2. The lowest BCUT2D eigenvalue weighted by atomic mass is 9.71. The Hall–Kier alpha value is -3.41. The Morgan fingerprint density at radius 3 is 2.53 bits per heavy atom. The summed E-state index contributed by atoms with van der Waals surface area (Å²) in [5.74, 6) is -0.476. The molecule has 2 aliphatic rings. The fraction of sp³-hybridized carbons (Fsp3) is 0.207. The summed E-state index contributed by atoms with van der Waals surface area (Å²) in [5, 5.41) is 7.04. The standard InChI is InChI=1S/C29H25Cl2N3O2/c1-16-8-7-13-32-28(16)34-29(36)24-17(2)33-22-14-19(18-9-4-3-5-10-18)15-23(35)26(22)25(24)20-11-6-12-21(30)27(20)31/h3-13,19,25,33H,14-15H2,1-2H3,(H,32,34,36)/t19-,25-/m1/s1. The van der Waals surface area contributed by atoms with Crippen LogP contribution in [0.3, 0.4) is 0 Å². The SMILES string of the molecule is CC1=C(C(=O)Nc2ncccc2C)[C@@H](c2cccc(Cl)c2Cl)C2=C(C[C@@H](c3ccccc3)CC2=O)N1. The van der Waals surface area contributed by atoms with Crippen LogP contribution < -0.4 is 10.6 Å². The fourth-order valence-corrected chi connectivity index (χ4v) is 5.56. The van der Waals surface area contributed by atoms with Gasteiger partial charge in [0.05, 0.1) is 10.0 Å². The molecule has 0 saturated carbocycles. The Kier molecular flexibility index (Phi) is 6.69. The number of Topliss-reactive ketones (excluding diaryl/α,β-unsaturated/α-hetero) is 1. The van der Waals surface area contributed by atoms with Crippen molar-refractivity contribution in [2.75, 3.05) is 5.32 Å². The van der Waals surface area contributed by atoms with Gasteiger partial charge in [0, 0.05) is 41.1 Å². The van der Waals surface area contributed by atoms with Crippen LogP contribution in [0, 0.1) is 6.92 Å². The summed E-state index contributed by atoms with van der Waals surface area (Å²) in [6, 6.07) is 19.1. The zero-order chi connectivity index (χ0) is 25.4. The lowest BCUT2D eigenvalue weighted by molar-refractivity contribution is -0.116. The van der Waals surface area contributed by atoms with Gasteiger partial charge in [-0.2, -0.15) is 0 Å². The van der Waals surface area contributed by atoms with E-state index in [1.807, 2.05) is 50.2 Å². The minimum Gasteiger partial charge on any atom is -0.362 e. The van der Waals surface area contributed by atoms with Crippen molar-refractivity contribution >= 4 is 40.7 Å². The van der Waals surface area contributed by atoms with Gasteiger partial charge < -0.3 is 10.6 Å². The molecule has 0 bridgehead atoms. The predicted molar refractivity (Wildman–Crippen MR) is 143 cm³/mol.